The van der Waals surface area contributed by atoms with Crippen LogP contribution in [0.5, 0.6) is 5.75 Å². The van der Waals surface area contributed by atoms with Crippen LogP contribution >= 0.6 is 11.8 Å². The Hall–Kier alpha value is -2.48. The lowest BCUT2D eigenvalue weighted by atomic mass is 10.1. The van der Waals surface area contributed by atoms with Gasteiger partial charge in [0.15, 0.2) is 0 Å². The molecule has 1 aromatic carbocycles. The first-order chi connectivity index (χ1) is 13.1. The van der Waals surface area contributed by atoms with Crippen LogP contribution in [0.15, 0.2) is 41.6 Å². The molecule has 0 radical (unpaired) electrons. The van der Waals surface area contributed by atoms with E-state index in [1.54, 1.807) is 29.8 Å². The summed E-state index contributed by atoms with van der Waals surface area (Å²) in [6.45, 7) is 1.36. The number of aromatic nitrogens is 2. The van der Waals surface area contributed by atoms with E-state index in [2.05, 4.69) is 5.10 Å². The number of rotatable bonds is 7. The van der Waals surface area contributed by atoms with E-state index in [0.717, 1.165) is 29.2 Å². The summed E-state index contributed by atoms with van der Waals surface area (Å²) in [6, 6.07) is 7.97. The minimum absolute atomic E-state index is 0.149. The molecule has 0 spiro atoms. The van der Waals surface area contributed by atoms with Crippen molar-refractivity contribution in [2.75, 3.05) is 26.0 Å². The predicted octanol–water partition coefficient (Wildman–Crippen LogP) is 2.94. The highest BCUT2D eigenvalue weighted by atomic mass is 32.2. The maximum absolute atomic E-state index is 12.4. The number of benzene rings is 1. The van der Waals surface area contributed by atoms with Crippen LogP contribution in [0.3, 0.4) is 0 Å². The monoisotopic (exact) mass is 389 g/mol. The van der Waals surface area contributed by atoms with Crippen molar-refractivity contribution in [1.82, 2.24) is 14.7 Å². The molecule has 1 aliphatic heterocycles. The largest absolute Gasteiger partial charge is 0.497 e. The van der Waals surface area contributed by atoms with Crippen molar-refractivity contribution in [1.29, 1.82) is 0 Å². The van der Waals surface area contributed by atoms with E-state index >= 15 is 0 Å². The second kappa shape index (κ2) is 8.94. The van der Waals surface area contributed by atoms with Gasteiger partial charge in [0, 0.05) is 36.4 Å². The summed E-state index contributed by atoms with van der Waals surface area (Å²) >= 11 is 1.66. The minimum atomic E-state index is -0.969. The Labute approximate surface area is 162 Å². The second-order valence-corrected chi connectivity index (χ2v) is 7.57. The van der Waals surface area contributed by atoms with Crippen molar-refractivity contribution in [2.45, 2.75) is 30.2 Å². The van der Waals surface area contributed by atoms with Crippen LogP contribution < -0.4 is 4.74 Å². The first-order valence-electron chi connectivity index (χ1n) is 8.89. The Balaban J connectivity index is 1.41. The average molecular weight is 389 g/mol. The molecule has 1 aromatic heterocycles. The molecule has 1 amide bonds. The van der Waals surface area contributed by atoms with E-state index in [4.69, 9.17) is 9.84 Å². The number of hydrogen-bond acceptors (Lipinski definition) is 5. The molecule has 0 unspecified atom stereocenters. The summed E-state index contributed by atoms with van der Waals surface area (Å²) in [6.07, 6.45) is 5.02. The molecule has 2 heterocycles. The number of ether oxygens (including phenoxy) is 1. The first kappa shape index (κ1) is 19.3. The molecule has 1 fully saturated rings. The van der Waals surface area contributed by atoms with Gasteiger partial charge < -0.3 is 14.7 Å². The predicted molar refractivity (Wildman–Crippen MR) is 102 cm³/mol. The number of carboxylic acids is 1. The van der Waals surface area contributed by atoms with Crippen molar-refractivity contribution >= 4 is 23.6 Å². The highest BCUT2D eigenvalue weighted by Crippen LogP contribution is 2.25. The Morgan fingerprint density at radius 1 is 1.26 bits per heavy atom. The summed E-state index contributed by atoms with van der Waals surface area (Å²) in [5, 5.41) is 13.1. The Bertz CT molecular complexity index is 783. The number of carboxylic acid groups (broad SMARTS) is 1. The molecule has 3 rings (SSSR count). The molecule has 0 aliphatic carbocycles. The number of nitrogens with zero attached hydrogens (tertiary/aromatic N) is 3. The fourth-order valence-electron chi connectivity index (χ4n) is 3.11. The van der Waals surface area contributed by atoms with Gasteiger partial charge in [-0.25, -0.2) is 4.79 Å². The maximum atomic E-state index is 12.4. The lowest BCUT2D eigenvalue weighted by Gasteiger charge is -2.32. The van der Waals surface area contributed by atoms with Gasteiger partial charge in [-0.3, -0.25) is 9.48 Å². The summed E-state index contributed by atoms with van der Waals surface area (Å²) < 4.78 is 6.85. The van der Waals surface area contributed by atoms with E-state index < -0.39 is 5.97 Å². The molecular formula is C19H23N3O4S. The number of piperidine rings is 1. The van der Waals surface area contributed by atoms with Gasteiger partial charge in [0.1, 0.15) is 5.75 Å². The normalized spacial score (nSPS) is 14.9. The van der Waals surface area contributed by atoms with Crippen LogP contribution in [0.2, 0.25) is 0 Å². The fraction of sp³-hybridized carbons (Fsp3) is 0.421. The number of carbonyl (C=O) groups excluding carboxylic acids is 1. The van der Waals surface area contributed by atoms with Crippen molar-refractivity contribution in [3.8, 4) is 5.75 Å². The number of thioether (sulfide) groups is 1. The third kappa shape index (κ3) is 5.03. The van der Waals surface area contributed by atoms with E-state index in [9.17, 15) is 9.59 Å². The molecule has 144 valence electrons. The van der Waals surface area contributed by atoms with Gasteiger partial charge in [-0.15, -0.1) is 11.8 Å². The number of likely N-dealkylation sites (tertiary alicyclic amines) is 1. The van der Waals surface area contributed by atoms with Crippen molar-refractivity contribution < 1.29 is 19.4 Å². The standard InChI is InChI=1S/C19H23N3O4S/c1-26-16-2-4-17(5-3-16)27-11-8-18(23)21-9-6-15(7-10-21)22-13-14(12-20-22)19(24)25/h2-5,12-13,15H,6-11H2,1H3,(H,24,25). The fourth-order valence-corrected chi connectivity index (χ4v) is 3.96. The Kier molecular flexibility index (Phi) is 6.39. The van der Waals surface area contributed by atoms with Gasteiger partial charge in [-0.1, -0.05) is 0 Å². The number of hydrogen-bond donors (Lipinski definition) is 1. The molecule has 0 saturated carbocycles. The molecule has 2 aromatic rings. The van der Waals surface area contributed by atoms with E-state index in [0.29, 0.717) is 19.5 Å². The van der Waals surface area contributed by atoms with Crippen LogP contribution in [0.4, 0.5) is 0 Å². The number of methoxy groups -OCH3 is 1. The van der Waals surface area contributed by atoms with Gasteiger partial charge in [0.05, 0.1) is 24.9 Å². The molecule has 27 heavy (non-hydrogen) atoms. The molecule has 1 aliphatic rings. The SMILES string of the molecule is COc1ccc(SCCC(=O)N2CCC(n3cc(C(=O)O)cn3)CC2)cc1. The van der Waals surface area contributed by atoms with Gasteiger partial charge in [0.2, 0.25) is 5.91 Å². The molecular weight excluding hydrogens is 366 g/mol. The number of amides is 1. The minimum Gasteiger partial charge on any atom is -0.497 e. The Morgan fingerprint density at radius 2 is 1.96 bits per heavy atom. The van der Waals surface area contributed by atoms with Gasteiger partial charge in [-0.05, 0) is 37.1 Å². The summed E-state index contributed by atoms with van der Waals surface area (Å²) in [5.74, 6) is 0.766. The van der Waals surface area contributed by atoms with Crippen molar-refractivity contribution in [3.05, 3.63) is 42.2 Å². The summed E-state index contributed by atoms with van der Waals surface area (Å²) in [7, 11) is 1.64. The molecule has 0 bridgehead atoms. The number of carbonyl (C=O) groups is 2. The average Bonchev–Trinajstić information content (AvgIpc) is 3.19. The topological polar surface area (TPSA) is 84.7 Å². The Morgan fingerprint density at radius 3 is 2.56 bits per heavy atom. The zero-order valence-corrected chi connectivity index (χ0v) is 16.0. The molecule has 7 nitrogen and oxygen atoms in total. The molecule has 1 saturated heterocycles. The van der Waals surface area contributed by atoms with Crippen LogP contribution in [0.25, 0.3) is 0 Å². The summed E-state index contributed by atoms with van der Waals surface area (Å²) in [5.41, 5.74) is 0.198. The molecule has 8 heteroatoms. The van der Waals surface area contributed by atoms with Crippen LogP contribution in [0, 0.1) is 0 Å². The van der Waals surface area contributed by atoms with Crippen LogP contribution in [-0.4, -0.2) is 57.6 Å². The highest BCUT2D eigenvalue weighted by Gasteiger charge is 2.24. The van der Waals surface area contributed by atoms with Gasteiger partial charge >= 0.3 is 5.97 Å². The molecule has 1 N–H and O–H groups in total. The van der Waals surface area contributed by atoms with Crippen molar-refractivity contribution in [3.63, 3.8) is 0 Å². The van der Waals surface area contributed by atoms with Crippen LogP contribution in [-0.2, 0) is 4.79 Å². The summed E-state index contributed by atoms with van der Waals surface area (Å²) in [4.78, 5) is 26.4. The zero-order chi connectivity index (χ0) is 19.2. The second-order valence-electron chi connectivity index (χ2n) is 6.40. The number of aromatic carboxylic acids is 1. The van der Waals surface area contributed by atoms with E-state index in [1.807, 2.05) is 29.2 Å². The van der Waals surface area contributed by atoms with Gasteiger partial charge in [0.25, 0.3) is 0 Å². The zero-order valence-electron chi connectivity index (χ0n) is 15.2. The first-order valence-corrected chi connectivity index (χ1v) is 9.87. The maximum Gasteiger partial charge on any atom is 0.338 e. The van der Waals surface area contributed by atoms with E-state index in [1.165, 1.54) is 6.20 Å². The highest BCUT2D eigenvalue weighted by molar-refractivity contribution is 7.99. The lowest BCUT2D eigenvalue weighted by Crippen LogP contribution is -2.39. The third-order valence-electron chi connectivity index (χ3n) is 4.68. The quantitative estimate of drug-likeness (QED) is 0.733. The van der Waals surface area contributed by atoms with E-state index in [-0.39, 0.29) is 17.5 Å². The third-order valence-corrected chi connectivity index (χ3v) is 5.70. The van der Waals surface area contributed by atoms with Crippen molar-refractivity contribution in [2.24, 2.45) is 0 Å². The smallest absolute Gasteiger partial charge is 0.338 e. The van der Waals surface area contributed by atoms with Gasteiger partial charge in [-0.2, -0.15) is 5.10 Å². The van der Waals surface area contributed by atoms with Crippen LogP contribution in [0.1, 0.15) is 35.7 Å². The lowest BCUT2D eigenvalue weighted by molar-refractivity contribution is -0.132. The molecule has 0 atom stereocenters.